The Morgan fingerprint density at radius 2 is 2.18 bits per heavy atom. The van der Waals surface area contributed by atoms with Crippen molar-refractivity contribution in [2.75, 3.05) is 10.8 Å². The van der Waals surface area contributed by atoms with Crippen LogP contribution in [0.1, 0.15) is 25.8 Å². The van der Waals surface area contributed by atoms with Crippen molar-refractivity contribution in [3.05, 3.63) is 23.5 Å². The van der Waals surface area contributed by atoms with Gasteiger partial charge < -0.3 is 5.11 Å². The number of nitrogens with one attached hydrogen (secondary N) is 1. The van der Waals surface area contributed by atoms with Crippen LogP contribution in [0.4, 0.5) is 10.1 Å². The molecule has 1 aliphatic rings. The van der Waals surface area contributed by atoms with Crippen LogP contribution in [0.5, 0.6) is 5.75 Å². The van der Waals surface area contributed by atoms with Gasteiger partial charge in [0.15, 0.2) is 5.82 Å². The zero-order chi connectivity index (χ0) is 16.5. The number of phenolic OH excluding ortho intramolecular Hbond substituents is 1. The van der Waals surface area contributed by atoms with Gasteiger partial charge in [0.25, 0.3) is 5.91 Å². The summed E-state index contributed by atoms with van der Waals surface area (Å²) >= 11 is 0. The third kappa shape index (κ3) is 2.99. The Kier molecular flexibility index (Phi) is 4.28. The first-order valence-electron chi connectivity index (χ1n) is 6.62. The fraction of sp³-hybridized carbons (Fsp3) is 0.357. The predicted molar refractivity (Wildman–Crippen MR) is 78.8 cm³/mol. The van der Waals surface area contributed by atoms with Crippen LogP contribution in [0, 0.1) is 23.6 Å². The molecular weight excluding hydrogens is 311 g/mol. The highest BCUT2D eigenvalue weighted by molar-refractivity contribution is 7.92. The molecule has 1 aliphatic heterocycles. The van der Waals surface area contributed by atoms with Gasteiger partial charge in [-0.15, -0.1) is 0 Å². The van der Waals surface area contributed by atoms with Crippen molar-refractivity contribution in [3.63, 3.8) is 0 Å². The lowest BCUT2D eigenvalue weighted by atomic mass is 10.1. The number of carbonyl (C=O) groups is 1. The number of hydrogen-bond donors (Lipinski definition) is 2. The summed E-state index contributed by atoms with van der Waals surface area (Å²) in [5.74, 6) is 3.17. The highest BCUT2D eigenvalue weighted by atomic mass is 32.2. The molecule has 1 unspecified atom stereocenters. The molecule has 1 fully saturated rings. The van der Waals surface area contributed by atoms with E-state index in [1.807, 2.05) is 13.8 Å². The fourth-order valence-corrected chi connectivity index (χ4v) is 3.00. The van der Waals surface area contributed by atoms with Crippen molar-refractivity contribution < 1.29 is 22.7 Å². The van der Waals surface area contributed by atoms with E-state index in [1.165, 1.54) is 6.07 Å². The maximum atomic E-state index is 14.5. The molecule has 1 amide bonds. The summed E-state index contributed by atoms with van der Waals surface area (Å²) in [7, 11) is -4.20. The summed E-state index contributed by atoms with van der Waals surface area (Å²) in [5.41, 5.74) is -0.614. The van der Waals surface area contributed by atoms with Crippen molar-refractivity contribution in [1.29, 1.82) is 0 Å². The second kappa shape index (κ2) is 5.85. The van der Waals surface area contributed by atoms with Crippen molar-refractivity contribution >= 4 is 21.8 Å². The second-order valence-corrected chi connectivity index (χ2v) is 6.51. The molecular formula is C14H15FN2O4S. The third-order valence-electron chi connectivity index (χ3n) is 3.23. The predicted octanol–water partition coefficient (Wildman–Crippen LogP) is 1.11. The quantitative estimate of drug-likeness (QED) is 0.797. The lowest BCUT2D eigenvalue weighted by molar-refractivity contribution is -0.117. The van der Waals surface area contributed by atoms with E-state index in [1.54, 1.807) is 4.72 Å². The van der Waals surface area contributed by atoms with Gasteiger partial charge in [0, 0.05) is 5.92 Å². The molecule has 0 bridgehead atoms. The van der Waals surface area contributed by atoms with Crippen LogP contribution < -0.4 is 9.03 Å². The first kappa shape index (κ1) is 16.1. The number of rotatable bonds is 2. The van der Waals surface area contributed by atoms with Gasteiger partial charge in [-0.1, -0.05) is 25.7 Å². The summed E-state index contributed by atoms with van der Waals surface area (Å²) in [6, 6.07) is 2.42. The van der Waals surface area contributed by atoms with Crippen molar-refractivity contribution in [3.8, 4) is 17.6 Å². The molecule has 0 spiro atoms. The SMILES string of the molecule is CCC(C)C#Cc1ccc(O)c(N2CC(=O)NS2(=O)=O)c1F. The maximum absolute atomic E-state index is 14.5. The second-order valence-electron chi connectivity index (χ2n) is 4.91. The monoisotopic (exact) mass is 326 g/mol. The number of nitrogens with zero attached hydrogens (tertiary/aromatic N) is 1. The molecule has 22 heavy (non-hydrogen) atoms. The Labute approximate surface area is 128 Å². The number of phenols is 1. The van der Waals surface area contributed by atoms with E-state index in [4.69, 9.17) is 0 Å². The van der Waals surface area contributed by atoms with Crippen molar-refractivity contribution in [2.24, 2.45) is 5.92 Å². The lowest BCUT2D eigenvalue weighted by Gasteiger charge is -2.17. The van der Waals surface area contributed by atoms with Crippen LogP contribution in [0.15, 0.2) is 12.1 Å². The normalized spacial score (nSPS) is 17.6. The number of anilines is 1. The first-order chi connectivity index (χ1) is 10.3. The first-order valence-corrected chi connectivity index (χ1v) is 8.06. The van der Waals surface area contributed by atoms with E-state index >= 15 is 0 Å². The average Bonchev–Trinajstić information content (AvgIpc) is 2.70. The molecule has 0 aromatic heterocycles. The molecule has 0 saturated carbocycles. The van der Waals surface area contributed by atoms with Gasteiger partial charge in [-0.2, -0.15) is 8.42 Å². The summed E-state index contributed by atoms with van der Waals surface area (Å²) in [4.78, 5) is 11.2. The Morgan fingerprint density at radius 3 is 2.73 bits per heavy atom. The van der Waals surface area contributed by atoms with Gasteiger partial charge in [0.1, 0.15) is 18.0 Å². The van der Waals surface area contributed by atoms with Crippen LogP contribution >= 0.6 is 0 Å². The molecule has 1 atom stereocenters. The molecule has 1 heterocycles. The van der Waals surface area contributed by atoms with Crippen molar-refractivity contribution in [2.45, 2.75) is 20.3 Å². The van der Waals surface area contributed by atoms with E-state index < -0.39 is 39.9 Å². The van der Waals surface area contributed by atoms with Gasteiger partial charge in [-0.25, -0.2) is 13.4 Å². The minimum absolute atomic E-state index is 0.0392. The Morgan fingerprint density at radius 1 is 1.50 bits per heavy atom. The summed E-state index contributed by atoms with van der Waals surface area (Å²) in [5, 5.41) is 9.78. The summed E-state index contributed by atoms with van der Waals surface area (Å²) in [6.07, 6.45) is 0.790. The zero-order valence-electron chi connectivity index (χ0n) is 12.1. The average molecular weight is 326 g/mol. The minimum atomic E-state index is -4.20. The van der Waals surface area contributed by atoms with Crippen LogP contribution in [-0.4, -0.2) is 26.0 Å². The van der Waals surface area contributed by atoms with Crippen LogP contribution in [0.25, 0.3) is 0 Å². The fourth-order valence-electron chi connectivity index (χ4n) is 1.84. The Hall–Kier alpha value is -2.27. The van der Waals surface area contributed by atoms with Gasteiger partial charge in [-0.05, 0) is 18.6 Å². The van der Waals surface area contributed by atoms with Crippen LogP contribution in [-0.2, 0) is 15.0 Å². The van der Waals surface area contributed by atoms with Gasteiger partial charge in [0.05, 0.1) is 5.56 Å². The molecule has 0 radical (unpaired) electrons. The zero-order valence-corrected chi connectivity index (χ0v) is 12.9. The largest absolute Gasteiger partial charge is 0.506 e. The Balaban J connectivity index is 2.53. The molecule has 0 aliphatic carbocycles. The summed E-state index contributed by atoms with van der Waals surface area (Å²) in [6.45, 7) is 3.22. The molecule has 1 aromatic rings. The van der Waals surface area contributed by atoms with Gasteiger partial charge >= 0.3 is 10.2 Å². The topological polar surface area (TPSA) is 86.7 Å². The van der Waals surface area contributed by atoms with E-state index in [0.717, 1.165) is 12.5 Å². The number of aromatic hydroxyl groups is 1. The number of benzene rings is 1. The number of hydrogen-bond acceptors (Lipinski definition) is 4. The minimum Gasteiger partial charge on any atom is -0.506 e. The number of amides is 1. The van der Waals surface area contributed by atoms with E-state index in [-0.39, 0.29) is 11.5 Å². The Bertz CT molecular complexity index is 780. The number of carbonyl (C=O) groups excluding carboxylic acids is 1. The smallest absolute Gasteiger partial charge is 0.326 e. The third-order valence-corrected chi connectivity index (χ3v) is 4.61. The molecule has 8 heteroatoms. The van der Waals surface area contributed by atoms with Gasteiger partial charge in [-0.3, -0.25) is 4.79 Å². The van der Waals surface area contributed by atoms with Gasteiger partial charge in [0.2, 0.25) is 0 Å². The summed E-state index contributed by atoms with van der Waals surface area (Å²) < 4.78 is 40.3. The van der Waals surface area contributed by atoms with Crippen LogP contribution in [0.3, 0.4) is 0 Å². The van der Waals surface area contributed by atoms with Crippen molar-refractivity contribution in [1.82, 2.24) is 4.72 Å². The molecule has 118 valence electrons. The maximum Gasteiger partial charge on any atom is 0.326 e. The van der Waals surface area contributed by atoms with E-state index in [2.05, 4.69) is 11.8 Å². The highest BCUT2D eigenvalue weighted by Gasteiger charge is 2.37. The molecule has 1 aromatic carbocycles. The molecule has 6 nitrogen and oxygen atoms in total. The van der Waals surface area contributed by atoms with Crippen LogP contribution in [0.2, 0.25) is 0 Å². The molecule has 2 N–H and O–H groups in total. The van der Waals surface area contributed by atoms with E-state index in [9.17, 15) is 22.7 Å². The highest BCUT2D eigenvalue weighted by Crippen LogP contribution is 2.34. The number of halogens is 1. The standard InChI is InChI=1S/C14H15FN2O4S/c1-3-9(2)4-5-10-6-7-11(18)14(13(10)15)17-8-12(19)16-22(17,20)21/h6-7,9,18H,3,8H2,1-2H3,(H,16,19). The van der Waals surface area contributed by atoms with E-state index in [0.29, 0.717) is 4.31 Å². The molecule has 1 saturated heterocycles. The molecule has 2 rings (SSSR count). The lowest BCUT2D eigenvalue weighted by Crippen LogP contribution is -2.30.